The second-order valence-electron chi connectivity index (χ2n) is 25.6. The number of halogens is 5. The first-order valence-corrected chi connectivity index (χ1v) is 30.5. The summed E-state index contributed by atoms with van der Waals surface area (Å²) in [7, 11) is 3.44. The van der Waals surface area contributed by atoms with Gasteiger partial charge in [0.25, 0.3) is 0 Å². The molecule has 504 valence electrons. The minimum Gasteiger partial charge on any atom is -0.467 e. The van der Waals surface area contributed by atoms with Crippen molar-refractivity contribution < 1.29 is 66.7 Å². The number of aromatic nitrogens is 4. The molecule has 0 aliphatic carbocycles. The Bertz CT molecular complexity index is 3960. The Hall–Kier alpha value is -7.51. The van der Waals surface area contributed by atoms with E-state index >= 15 is 4.39 Å². The number of fused-ring (bicyclic) bond motifs is 2. The first-order chi connectivity index (χ1) is 43.2. The van der Waals surface area contributed by atoms with Crippen molar-refractivity contribution >= 4 is 104 Å². The van der Waals surface area contributed by atoms with Crippen molar-refractivity contribution in [3.05, 3.63) is 122 Å². The Kier molecular flexibility index (Phi) is 22.1. The van der Waals surface area contributed by atoms with Crippen molar-refractivity contribution in [3.8, 4) is 17.0 Å². The van der Waals surface area contributed by atoms with Crippen LogP contribution < -0.4 is 31.1 Å². The van der Waals surface area contributed by atoms with Crippen LogP contribution in [0.1, 0.15) is 88.6 Å². The van der Waals surface area contributed by atoms with Crippen LogP contribution in [-0.2, 0) is 37.6 Å². The summed E-state index contributed by atoms with van der Waals surface area (Å²) in [5.74, 6) is -0.902. The standard InChI is InChI=1S/C28H33ClFN5O8.C20H25Cl2N5O6.C13H18BFO2/c1-15-11-34(16(13-36)12-33(15)27(38)43-28(2,3)4)23-17-10-18(29)22(21-19(30)8-7-9-20(21)42-14-41-6)31-25(17)32(5)26(37)24(23)35(39)40;1-10-7-26(11(9-28)8-25(10)19(30)33-20(2,3)4)14-12-6-13(21)16(22)23-17(12)24(5)18(29)15(14)27(31)32;1-9-7-6-8-10(15)11(9)14-16-12(2,3)13(4,5)17-14/h7-10,15-16,36H,11-14H2,1-6H3;6,10-11,28H,7-9H2,1-5H3;6-8H,1-5H3/t15-,16-;10-,11-;/m11./s1. The molecule has 3 fully saturated rings. The van der Waals surface area contributed by atoms with E-state index in [0.717, 1.165) is 14.7 Å². The SMILES string of the molecule is COCOc1cccc(F)c1-c1nc2c(cc1Cl)c(N1C[C@@H](C)N(C(=O)OC(C)(C)C)C[C@@H]1CO)c([N+](=O)[O-])c(=O)n2C.C[C@@H]1CN(c2c([N+](=O)[O-])c(=O)n(C)c3nc(Cl)c(Cl)cc23)[C@@H](CO)CN1C(=O)OC(C)(C)C.Cc1cccc(F)c1B1OC(C)(C)C(C)(C)O1. The van der Waals surface area contributed by atoms with E-state index in [1.165, 1.54) is 72.3 Å². The highest BCUT2D eigenvalue weighted by molar-refractivity contribution is 6.62. The average molecular weight is 1360 g/mol. The van der Waals surface area contributed by atoms with Crippen LogP contribution in [0.5, 0.6) is 5.75 Å². The van der Waals surface area contributed by atoms with Gasteiger partial charge in [0.15, 0.2) is 6.79 Å². The van der Waals surface area contributed by atoms with E-state index in [1.54, 1.807) is 66.4 Å². The van der Waals surface area contributed by atoms with Gasteiger partial charge in [0.2, 0.25) is 0 Å². The average Bonchev–Trinajstić information content (AvgIpc) is 1.42. The number of hydrogen-bond donors (Lipinski definition) is 2. The minimum absolute atomic E-state index is 0.00919. The zero-order valence-corrected chi connectivity index (χ0v) is 56.7. The Balaban J connectivity index is 0.000000215. The number of carbonyl (C=O) groups excluding carboxylic acids is 2. The number of methoxy groups -OCH3 is 1. The van der Waals surface area contributed by atoms with E-state index in [2.05, 4.69) is 9.97 Å². The molecule has 9 rings (SSSR count). The summed E-state index contributed by atoms with van der Waals surface area (Å²) < 4.78 is 64.1. The molecule has 2 amide bonds. The molecule has 0 bridgehead atoms. The monoisotopic (exact) mass is 1360 g/mol. The lowest BCUT2D eigenvalue weighted by atomic mass is 9.76. The maximum Gasteiger partial charge on any atom is 0.498 e. The fourth-order valence-electron chi connectivity index (χ4n) is 10.8. The number of rotatable bonds is 11. The van der Waals surface area contributed by atoms with E-state index in [1.807, 2.05) is 40.7 Å². The molecule has 6 aromatic rings. The fourth-order valence-corrected chi connectivity index (χ4v) is 11.3. The quantitative estimate of drug-likeness (QED) is 0.0401. The minimum atomic E-state index is -0.975. The zero-order chi connectivity index (χ0) is 69.5. The molecule has 0 saturated carbocycles. The summed E-state index contributed by atoms with van der Waals surface area (Å²) in [5, 5.41) is 45.1. The lowest BCUT2D eigenvalue weighted by molar-refractivity contribution is -0.385. The zero-order valence-electron chi connectivity index (χ0n) is 54.4. The second kappa shape index (κ2) is 28.2. The van der Waals surface area contributed by atoms with Crippen molar-refractivity contribution in [2.75, 3.05) is 63.1 Å². The van der Waals surface area contributed by atoms with Gasteiger partial charge in [-0.15, -0.1) is 0 Å². The molecular weight excluding hydrogens is 1280 g/mol. The summed E-state index contributed by atoms with van der Waals surface area (Å²) in [6, 6.07) is 9.31. The molecule has 0 radical (unpaired) electrons. The lowest BCUT2D eigenvalue weighted by Gasteiger charge is -2.45. The Morgan fingerprint density at radius 3 is 1.57 bits per heavy atom. The number of carbonyl (C=O) groups is 2. The maximum absolute atomic E-state index is 15.2. The predicted octanol–water partition coefficient (Wildman–Crippen LogP) is 9.48. The number of piperazine rings is 2. The van der Waals surface area contributed by atoms with Gasteiger partial charge in [0.1, 0.15) is 56.4 Å². The van der Waals surface area contributed by atoms with Gasteiger partial charge in [-0.3, -0.25) is 39.0 Å². The lowest BCUT2D eigenvalue weighted by Crippen LogP contribution is -2.61. The number of pyridine rings is 4. The van der Waals surface area contributed by atoms with Gasteiger partial charge in [-0.05, 0) is 126 Å². The van der Waals surface area contributed by atoms with E-state index in [0.29, 0.717) is 5.46 Å². The largest absolute Gasteiger partial charge is 0.498 e. The Labute approximate surface area is 550 Å². The molecular formula is C61H76BCl3F2N10O16. The highest BCUT2D eigenvalue weighted by Crippen LogP contribution is 2.44. The maximum atomic E-state index is 15.2. The summed E-state index contributed by atoms with van der Waals surface area (Å²) in [6.07, 6.45) is -1.17. The molecule has 0 unspecified atom stereocenters. The fraction of sp³-hybridized carbons (Fsp3) is 0.508. The van der Waals surface area contributed by atoms with E-state index in [9.17, 15) is 54.0 Å². The number of nitro groups is 2. The molecule has 93 heavy (non-hydrogen) atoms. The molecule has 32 heteroatoms. The van der Waals surface area contributed by atoms with Crippen molar-refractivity contribution in [2.45, 2.75) is 137 Å². The number of anilines is 2. The van der Waals surface area contributed by atoms with Crippen LogP contribution in [0.3, 0.4) is 0 Å². The number of ether oxygens (including phenoxy) is 4. The van der Waals surface area contributed by atoms with Gasteiger partial charge < -0.3 is 58.1 Å². The summed E-state index contributed by atoms with van der Waals surface area (Å²) in [6.45, 7) is 22.5. The van der Waals surface area contributed by atoms with Crippen LogP contribution in [-0.4, -0.2) is 168 Å². The Morgan fingerprint density at radius 1 is 0.720 bits per heavy atom. The van der Waals surface area contributed by atoms with Crippen LogP contribution in [0.25, 0.3) is 33.3 Å². The molecule has 2 aromatic carbocycles. The highest BCUT2D eigenvalue weighted by atomic mass is 35.5. The number of nitrogens with zero attached hydrogens (tertiary/aromatic N) is 10. The van der Waals surface area contributed by atoms with Crippen molar-refractivity contribution in [3.63, 3.8) is 0 Å². The molecule has 3 saturated heterocycles. The van der Waals surface area contributed by atoms with E-state index < -0.39 is 117 Å². The third-order valence-corrected chi connectivity index (χ3v) is 17.0. The molecule has 3 aliphatic rings. The molecule has 3 aliphatic heterocycles. The third-order valence-electron chi connectivity index (χ3n) is 16.1. The van der Waals surface area contributed by atoms with E-state index in [4.69, 9.17) is 63.1 Å². The molecule has 0 spiro atoms. The third kappa shape index (κ3) is 15.4. The van der Waals surface area contributed by atoms with Gasteiger partial charge in [-0.2, -0.15) is 0 Å². The van der Waals surface area contributed by atoms with Crippen LogP contribution in [0.4, 0.5) is 41.1 Å². The summed E-state index contributed by atoms with van der Waals surface area (Å²) in [4.78, 5) is 89.4. The topological polar surface area (TPSA) is 299 Å². The van der Waals surface area contributed by atoms with Gasteiger partial charge in [-0.1, -0.05) is 53.0 Å². The van der Waals surface area contributed by atoms with Gasteiger partial charge in [0.05, 0.1) is 67.6 Å². The highest BCUT2D eigenvalue weighted by Gasteiger charge is 2.53. The summed E-state index contributed by atoms with van der Waals surface area (Å²) >= 11 is 18.9. The number of amides is 2. The summed E-state index contributed by atoms with van der Waals surface area (Å²) in [5.41, 5.74) is -4.52. The molecule has 4 aromatic heterocycles. The van der Waals surface area contributed by atoms with Crippen LogP contribution >= 0.6 is 34.8 Å². The molecule has 26 nitrogen and oxygen atoms in total. The van der Waals surface area contributed by atoms with Crippen molar-refractivity contribution in [1.29, 1.82) is 0 Å². The first-order valence-electron chi connectivity index (χ1n) is 29.4. The molecule has 2 N–H and O–H groups in total. The molecule has 4 atom stereocenters. The number of benzene rings is 2. The van der Waals surface area contributed by atoms with Crippen LogP contribution in [0.15, 0.2) is 58.1 Å². The first kappa shape index (κ1) is 72.9. The number of aryl methyl sites for hydroxylation is 3. The Morgan fingerprint density at radius 2 is 1.15 bits per heavy atom. The van der Waals surface area contributed by atoms with Crippen LogP contribution in [0.2, 0.25) is 15.2 Å². The van der Waals surface area contributed by atoms with Gasteiger partial charge in [-0.25, -0.2) is 28.3 Å². The van der Waals surface area contributed by atoms with Gasteiger partial charge >= 0.3 is 41.8 Å². The van der Waals surface area contributed by atoms with E-state index in [-0.39, 0.29) is 104 Å². The number of hydrogen-bond acceptors (Lipinski definition) is 20. The normalized spacial score (nSPS) is 18.8. The number of aliphatic hydroxyl groups is 2. The smallest absolute Gasteiger partial charge is 0.467 e. The second-order valence-corrected chi connectivity index (χ2v) is 26.8. The van der Waals surface area contributed by atoms with Crippen LogP contribution in [0, 0.1) is 38.8 Å². The van der Waals surface area contributed by atoms with Crippen molar-refractivity contribution in [2.24, 2.45) is 14.1 Å². The number of aliphatic hydroxyl groups excluding tert-OH is 2. The predicted molar refractivity (Wildman–Crippen MR) is 348 cm³/mol. The van der Waals surface area contributed by atoms with Crippen molar-refractivity contribution in [1.82, 2.24) is 28.9 Å². The van der Waals surface area contributed by atoms with Gasteiger partial charge in [0, 0.05) is 75.7 Å². The molecule has 7 heterocycles.